The van der Waals surface area contributed by atoms with Gasteiger partial charge in [-0.3, -0.25) is 4.79 Å². The molecule has 17 heavy (non-hydrogen) atoms. The van der Waals surface area contributed by atoms with E-state index in [-0.39, 0.29) is 5.92 Å². The van der Waals surface area contributed by atoms with E-state index in [1.165, 1.54) is 5.57 Å². The fourth-order valence-corrected chi connectivity index (χ4v) is 2.55. The van der Waals surface area contributed by atoms with E-state index in [2.05, 4.69) is 11.4 Å². The van der Waals surface area contributed by atoms with E-state index < -0.39 is 0 Å². The molecule has 0 aromatic carbocycles. The first-order valence-corrected chi connectivity index (χ1v) is 6.47. The molecule has 0 unspecified atom stereocenters. The molecule has 2 rings (SSSR count). The number of carbonyl (C=O) groups is 1. The van der Waals surface area contributed by atoms with Crippen molar-refractivity contribution in [3.05, 3.63) is 11.6 Å². The second-order valence-corrected chi connectivity index (χ2v) is 4.87. The summed E-state index contributed by atoms with van der Waals surface area (Å²) in [5.74, 6) is 0.519. The summed E-state index contributed by atoms with van der Waals surface area (Å²) in [6.07, 6.45) is 5.26. The molecule has 1 fully saturated rings. The Morgan fingerprint density at radius 1 is 1.65 bits per heavy atom. The van der Waals surface area contributed by atoms with Gasteiger partial charge in [-0.15, -0.1) is 0 Å². The Kier molecular flexibility index (Phi) is 4.57. The predicted molar refractivity (Wildman–Crippen MR) is 66.7 cm³/mol. The monoisotopic (exact) mass is 238 g/mol. The van der Waals surface area contributed by atoms with Crippen molar-refractivity contribution in [3.8, 4) is 0 Å². The standard InChI is InChI=1S/C13H22N2O2/c1-17-10-11-4-7-15(8-5-11)13(16)12-3-2-6-14-9-12/h4,12,14H,2-3,5-10H2,1H3/t12-/m1/s1. The van der Waals surface area contributed by atoms with Gasteiger partial charge in [0.15, 0.2) is 0 Å². The summed E-state index contributed by atoms with van der Waals surface area (Å²) < 4.78 is 5.11. The topological polar surface area (TPSA) is 41.6 Å². The molecule has 0 aliphatic carbocycles. The van der Waals surface area contributed by atoms with Crippen LogP contribution in [0.1, 0.15) is 19.3 Å². The van der Waals surface area contributed by atoms with Crippen LogP contribution in [0.4, 0.5) is 0 Å². The van der Waals surface area contributed by atoms with Crippen LogP contribution in [-0.2, 0) is 9.53 Å². The highest BCUT2D eigenvalue weighted by Crippen LogP contribution is 2.17. The fraction of sp³-hybridized carbons (Fsp3) is 0.769. The molecule has 0 aromatic heterocycles. The molecular weight excluding hydrogens is 216 g/mol. The first kappa shape index (κ1) is 12.6. The number of amides is 1. The summed E-state index contributed by atoms with van der Waals surface area (Å²) in [4.78, 5) is 14.2. The Bertz CT molecular complexity index is 296. The number of methoxy groups -OCH3 is 1. The van der Waals surface area contributed by atoms with Crippen LogP contribution in [0.5, 0.6) is 0 Å². The number of nitrogens with zero attached hydrogens (tertiary/aromatic N) is 1. The molecule has 96 valence electrons. The molecule has 4 heteroatoms. The predicted octanol–water partition coefficient (Wildman–Crippen LogP) is 0.791. The van der Waals surface area contributed by atoms with E-state index in [0.717, 1.165) is 45.4 Å². The van der Waals surface area contributed by atoms with Crippen LogP contribution in [-0.4, -0.2) is 50.7 Å². The van der Waals surface area contributed by atoms with Crippen LogP contribution in [0.2, 0.25) is 0 Å². The van der Waals surface area contributed by atoms with Crippen molar-refractivity contribution in [2.75, 3.05) is 39.9 Å². The van der Waals surface area contributed by atoms with Gasteiger partial charge in [0.1, 0.15) is 0 Å². The molecular formula is C13H22N2O2. The van der Waals surface area contributed by atoms with Gasteiger partial charge in [0.25, 0.3) is 0 Å². The highest BCUT2D eigenvalue weighted by molar-refractivity contribution is 5.79. The summed E-state index contributed by atoms with van der Waals surface area (Å²) in [7, 11) is 1.71. The van der Waals surface area contributed by atoms with Crippen LogP contribution in [0, 0.1) is 5.92 Å². The Hall–Kier alpha value is -0.870. The third-order valence-corrected chi connectivity index (χ3v) is 3.59. The quantitative estimate of drug-likeness (QED) is 0.739. The molecule has 2 heterocycles. The van der Waals surface area contributed by atoms with E-state index in [4.69, 9.17) is 4.74 Å². The van der Waals surface area contributed by atoms with Crippen molar-refractivity contribution in [1.82, 2.24) is 10.2 Å². The number of nitrogens with one attached hydrogen (secondary N) is 1. The van der Waals surface area contributed by atoms with Gasteiger partial charge in [-0.1, -0.05) is 6.08 Å². The van der Waals surface area contributed by atoms with Gasteiger partial charge < -0.3 is 15.0 Å². The van der Waals surface area contributed by atoms with Gasteiger partial charge in [0.2, 0.25) is 5.91 Å². The third kappa shape index (κ3) is 3.30. The maximum atomic E-state index is 12.2. The van der Waals surface area contributed by atoms with Crippen LogP contribution >= 0.6 is 0 Å². The molecule has 0 spiro atoms. The average Bonchev–Trinajstić information content (AvgIpc) is 2.40. The third-order valence-electron chi connectivity index (χ3n) is 3.59. The molecule has 1 amide bonds. The number of ether oxygens (including phenoxy) is 1. The van der Waals surface area contributed by atoms with Crippen LogP contribution in [0.3, 0.4) is 0 Å². The normalized spacial score (nSPS) is 25.6. The lowest BCUT2D eigenvalue weighted by Gasteiger charge is -2.31. The molecule has 4 nitrogen and oxygen atoms in total. The van der Waals surface area contributed by atoms with E-state index in [9.17, 15) is 4.79 Å². The van der Waals surface area contributed by atoms with Gasteiger partial charge in [-0.2, -0.15) is 0 Å². The van der Waals surface area contributed by atoms with E-state index >= 15 is 0 Å². The zero-order chi connectivity index (χ0) is 12.1. The smallest absolute Gasteiger partial charge is 0.227 e. The van der Waals surface area contributed by atoms with Gasteiger partial charge >= 0.3 is 0 Å². The largest absolute Gasteiger partial charge is 0.380 e. The molecule has 0 bridgehead atoms. The minimum atomic E-state index is 0.195. The van der Waals surface area contributed by atoms with Gasteiger partial charge in [0, 0.05) is 26.7 Å². The summed E-state index contributed by atoms with van der Waals surface area (Å²) in [5, 5.41) is 3.30. The first-order valence-electron chi connectivity index (χ1n) is 6.47. The van der Waals surface area contributed by atoms with Crippen LogP contribution in [0.15, 0.2) is 11.6 Å². The summed E-state index contributed by atoms with van der Waals surface area (Å²) >= 11 is 0. The number of hydrogen-bond donors (Lipinski definition) is 1. The lowest BCUT2D eigenvalue weighted by atomic mass is 9.97. The van der Waals surface area contributed by atoms with E-state index in [1.54, 1.807) is 7.11 Å². The lowest BCUT2D eigenvalue weighted by Crippen LogP contribution is -2.44. The molecule has 2 aliphatic heterocycles. The Morgan fingerprint density at radius 3 is 3.12 bits per heavy atom. The molecule has 0 radical (unpaired) electrons. The van der Waals surface area contributed by atoms with Gasteiger partial charge in [-0.25, -0.2) is 0 Å². The molecule has 1 N–H and O–H groups in total. The Morgan fingerprint density at radius 2 is 2.53 bits per heavy atom. The summed E-state index contributed by atoms with van der Waals surface area (Å²) in [6.45, 7) is 4.22. The van der Waals surface area contributed by atoms with Crippen LogP contribution in [0.25, 0.3) is 0 Å². The molecule has 2 aliphatic rings. The number of piperidine rings is 1. The van der Waals surface area contributed by atoms with Crippen LogP contribution < -0.4 is 5.32 Å². The minimum Gasteiger partial charge on any atom is -0.380 e. The van der Waals surface area contributed by atoms with Crippen molar-refractivity contribution in [2.24, 2.45) is 5.92 Å². The summed E-state index contributed by atoms with van der Waals surface area (Å²) in [5.41, 5.74) is 1.32. The fourth-order valence-electron chi connectivity index (χ4n) is 2.55. The molecule has 0 aromatic rings. The van der Waals surface area contributed by atoms with E-state index in [1.807, 2.05) is 4.90 Å². The number of carbonyl (C=O) groups excluding carboxylic acids is 1. The number of rotatable bonds is 3. The Labute approximate surface area is 103 Å². The minimum absolute atomic E-state index is 0.195. The van der Waals surface area contributed by atoms with Crippen molar-refractivity contribution in [3.63, 3.8) is 0 Å². The van der Waals surface area contributed by atoms with Crippen molar-refractivity contribution in [1.29, 1.82) is 0 Å². The first-order chi connectivity index (χ1) is 8.31. The average molecular weight is 238 g/mol. The Balaban J connectivity index is 1.85. The zero-order valence-electron chi connectivity index (χ0n) is 10.6. The molecule has 1 atom stereocenters. The molecule has 0 saturated carbocycles. The number of hydrogen-bond acceptors (Lipinski definition) is 3. The second-order valence-electron chi connectivity index (χ2n) is 4.87. The highest BCUT2D eigenvalue weighted by Gasteiger charge is 2.26. The van der Waals surface area contributed by atoms with Crippen molar-refractivity contribution < 1.29 is 9.53 Å². The van der Waals surface area contributed by atoms with Gasteiger partial charge in [-0.05, 0) is 31.4 Å². The van der Waals surface area contributed by atoms with Crippen molar-refractivity contribution >= 4 is 5.91 Å². The van der Waals surface area contributed by atoms with Crippen molar-refractivity contribution in [2.45, 2.75) is 19.3 Å². The lowest BCUT2D eigenvalue weighted by molar-refractivity contribution is -0.135. The highest BCUT2D eigenvalue weighted by atomic mass is 16.5. The maximum absolute atomic E-state index is 12.2. The van der Waals surface area contributed by atoms with E-state index in [0.29, 0.717) is 12.5 Å². The van der Waals surface area contributed by atoms with Gasteiger partial charge in [0.05, 0.1) is 12.5 Å². The second kappa shape index (κ2) is 6.17. The summed E-state index contributed by atoms with van der Waals surface area (Å²) in [6, 6.07) is 0. The zero-order valence-corrected chi connectivity index (χ0v) is 10.6. The SMILES string of the molecule is COCC1=CCN(C(=O)[C@@H]2CCCNC2)CC1. The maximum Gasteiger partial charge on any atom is 0.227 e. The molecule has 1 saturated heterocycles.